The predicted molar refractivity (Wildman–Crippen MR) is 122 cm³/mol. The zero-order valence-electron chi connectivity index (χ0n) is 18.1. The van der Waals surface area contributed by atoms with E-state index in [0.29, 0.717) is 11.3 Å². The molecule has 4 aromatic rings. The van der Waals surface area contributed by atoms with Crippen LogP contribution in [0.4, 0.5) is 5.69 Å². The number of nitrogen functional groups attached to an aromatic ring is 1. The predicted octanol–water partition coefficient (Wildman–Crippen LogP) is 3.87. The lowest BCUT2D eigenvalue weighted by molar-refractivity contribution is 0.0939. The normalized spacial score (nSPS) is 12.0. The first-order valence-corrected chi connectivity index (χ1v) is 10.1. The van der Waals surface area contributed by atoms with Crippen molar-refractivity contribution in [1.29, 1.82) is 0 Å². The second-order valence-electron chi connectivity index (χ2n) is 7.92. The summed E-state index contributed by atoms with van der Waals surface area (Å²) in [5.74, 6) is -0.146. The van der Waals surface area contributed by atoms with Crippen LogP contribution in [0.25, 0.3) is 22.3 Å². The highest BCUT2D eigenvalue weighted by Crippen LogP contribution is 2.30. The molecule has 0 unspecified atom stereocenters. The minimum absolute atomic E-state index is 0.146. The second kappa shape index (κ2) is 8.10. The molecule has 0 radical (unpaired) electrons. The van der Waals surface area contributed by atoms with Gasteiger partial charge in [0.15, 0.2) is 0 Å². The lowest BCUT2D eigenvalue weighted by Gasteiger charge is -2.18. The standard InChI is InChI=1S/C24H26N6O/c1-15-5-6-22(25)10-23(15)24(31)28-16(2)17-7-18(20-11-26-29(3)13-20)9-19(8-17)21-12-27-30(4)14-21/h5-14,16H,25H2,1-4H3,(H,28,31)/t16-/m1/s1. The Labute approximate surface area is 181 Å². The number of hydrogen-bond acceptors (Lipinski definition) is 4. The Hall–Kier alpha value is -3.87. The van der Waals surface area contributed by atoms with Gasteiger partial charge in [-0.1, -0.05) is 6.07 Å². The molecule has 0 spiro atoms. The van der Waals surface area contributed by atoms with Crippen molar-refractivity contribution in [3.05, 3.63) is 77.9 Å². The first-order valence-electron chi connectivity index (χ1n) is 10.1. The lowest BCUT2D eigenvalue weighted by atomic mass is 9.96. The van der Waals surface area contributed by atoms with E-state index in [1.54, 1.807) is 21.5 Å². The quantitative estimate of drug-likeness (QED) is 0.485. The molecule has 7 heteroatoms. The van der Waals surface area contributed by atoms with Crippen molar-refractivity contribution in [2.24, 2.45) is 14.1 Å². The summed E-state index contributed by atoms with van der Waals surface area (Å²) in [7, 11) is 3.79. The van der Waals surface area contributed by atoms with E-state index in [1.807, 2.05) is 58.8 Å². The third kappa shape index (κ3) is 4.35. The molecule has 2 aromatic heterocycles. The monoisotopic (exact) mass is 414 g/mol. The summed E-state index contributed by atoms with van der Waals surface area (Å²) >= 11 is 0. The van der Waals surface area contributed by atoms with Crippen molar-refractivity contribution in [2.75, 3.05) is 5.73 Å². The SMILES string of the molecule is Cc1ccc(N)cc1C(=O)N[C@H](C)c1cc(-c2cnn(C)c2)cc(-c2cnn(C)c2)c1. The lowest BCUT2D eigenvalue weighted by Crippen LogP contribution is -2.27. The van der Waals surface area contributed by atoms with Gasteiger partial charge in [0.2, 0.25) is 0 Å². The fraction of sp³-hybridized carbons (Fsp3) is 0.208. The maximum absolute atomic E-state index is 12.9. The molecule has 31 heavy (non-hydrogen) atoms. The van der Waals surface area contributed by atoms with Crippen molar-refractivity contribution in [2.45, 2.75) is 19.9 Å². The van der Waals surface area contributed by atoms with Gasteiger partial charge in [-0.05, 0) is 66.4 Å². The number of aryl methyl sites for hydroxylation is 3. The molecule has 3 N–H and O–H groups in total. The van der Waals surface area contributed by atoms with Crippen molar-refractivity contribution in [3.8, 4) is 22.3 Å². The summed E-state index contributed by atoms with van der Waals surface area (Å²) in [5.41, 5.74) is 13.0. The van der Waals surface area contributed by atoms with Crippen molar-refractivity contribution < 1.29 is 4.79 Å². The molecule has 158 valence electrons. The highest BCUT2D eigenvalue weighted by Gasteiger charge is 2.16. The summed E-state index contributed by atoms with van der Waals surface area (Å²) in [6.45, 7) is 3.89. The van der Waals surface area contributed by atoms with Gasteiger partial charge in [0.05, 0.1) is 18.4 Å². The fourth-order valence-corrected chi connectivity index (χ4v) is 3.62. The van der Waals surface area contributed by atoms with E-state index in [-0.39, 0.29) is 11.9 Å². The molecule has 0 saturated heterocycles. The third-order valence-electron chi connectivity index (χ3n) is 5.39. The van der Waals surface area contributed by atoms with Gasteiger partial charge in [0.25, 0.3) is 5.91 Å². The first kappa shape index (κ1) is 20.4. The highest BCUT2D eigenvalue weighted by molar-refractivity contribution is 5.96. The third-order valence-corrected chi connectivity index (χ3v) is 5.39. The Balaban J connectivity index is 1.70. The number of carbonyl (C=O) groups excluding carboxylic acids is 1. The molecule has 2 aromatic carbocycles. The van der Waals surface area contributed by atoms with Crippen molar-refractivity contribution in [3.63, 3.8) is 0 Å². The van der Waals surface area contributed by atoms with E-state index in [4.69, 9.17) is 5.73 Å². The number of aromatic nitrogens is 4. The number of anilines is 1. The van der Waals surface area contributed by atoms with Crippen LogP contribution in [-0.2, 0) is 14.1 Å². The van der Waals surface area contributed by atoms with Crippen molar-refractivity contribution >= 4 is 11.6 Å². The van der Waals surface area contributed by atoms with Gasteiger partial charge in [-0.25, -0.2) is 0 Å². The van der Waals surface area contributed by atoms with Crippen LogP contribution in [0.3, 0.4) is 0 Å². The molecule has 7 nitrogen and oxygen atoms in total. The fourth-order valence-electron chi connectivity index (χ4n) is 3.62. The largest absolute Gasteiger partial charge is 0.399 e. The van der Waals surface area contributed by atoms with Gasteiger partial charge in [-0.2, -0.15) is 10.2 Å². The number of benzene rings is 2. The summed E-state index contributed by atoms with van der Waals surface area (Å²) in [4.78, 5) is 12.9. The topological polar surface area (TPSA) is 90.8 Å². The van der Waals surface area contributed by atoms with E-state index in [2.05, 4.69) is 33.7 Å². The van der Waals surface area contributed by atoms with Crippen LogP contribution >= 0.6 is 0 Å². The molecule has 4 rings (SSSR count). The Bertz CT molecular complexity index is 1190. The minimum atomic E-state index is -0.208. The number of amides is 1. The van der Waals surface area contributed by atoms with Gasteiger partial charge in [0, 0.05) is 48.9 Å². The number of carbonyl (C=O) groups is 1. The number of hydrogen-bond donors (Lipinski definition) is 2. The average Bonchev–Trinajstić information content (AvgIpc) is 3.37. The zero-order valence-corrected chi connectivity index (χ0v) is 18.1. The van der Waals surface area contributed by atoms with E-state index >= 15 is 0 Å². The molecule has 1 amide bonds. The molecule has 0 aliphatic rings. The van der Waals surface area contributed by atoms with E-state index in [1.165, 1.54) is 0 Å². The maximum Gasteiger partial charge on any atom is 0.252 e. The smallest absolute Gasteiger partial charge is 0.252 e. The summed E-state index contributed by atoms with van der Waals surface area (Å²) in [6, 6.07) is 11.5. The molecule has 0 aliphatic heterocycles. The highest BCUT2D eigenvalue weighted by atomic mass is 16.1. The van der Waals surface area contributed by atoms with Gasteiger partial charge >= 0.3 is 0 Å². The van der Waals surface area contributed by atoms with Crippen LogP contribution in [0.15, 0.2) is 61.2 Å². The first-order chi connectivity index (χ1) is 14.8. The molecule has 0 bridgehead atoms. The van der Waals surface area contributed by atoms with Crippen LogP contribution in [-0.4, -0.2) is 25.5 Å². The Kier molecular flexibility index (Phi) is 5.33. The van der Waals surface area contributed by atoms with Gasteiger partial charge < -0.3 is 11.1 Å². The average molecular weight is 415 g/mol. The zero-order chi connectivity index (χ0) is 22.1. The molecule has 0 fully saturated rings. The summed E-state index contributed by atoms with van der Waals surface area (Å²) < 4.78 is 3.55. The molecule has 0 saturated carbocycles. The molecule has 2 heterocycles. The Morgan fingerprint density at radius 2 is 1.52 bits per heavy atom. The van der Waals surface area contributed by atoms with Crippen LogP contribution in [0.5, 0.6) is 0 Å². The van der Waals surface area contributed by atoms with Crippen LogP contribution < -0.4 is 11.1 Å². The molecule has 0 aliphatic carbocycles. The maximum atomic E-state index is 12.9. The van der Waals surface area contributed by atoms with Crippen LogP contribution in [0.1, 0.15) is 34.5 Å². The molecule has 1 atom stereocenters. The minimum Gasteiger partial charge on any atom is -0.399 e. The second-order valence-corrected chi connectivity index (χ2v) is 7.92. The molecular weight excluding hydrogens is 388 g/mol. The van der Waals surface area contributed by atoms with E-state index < -0.39 is 0 Å². The number of nitrogens with zero attached hydrogens (tertiary/aromatic N) is 4. The number of rotatable bonds is 5. The summed E-state index contributed by atoms with van der Waals surface area (Å²) in [6.07, 6.45) is 7.63. The Morgan fingerprint density at radius 3 is 2.03 bits per heavy atom. The van der Waals surface area contributed by atoms with Gasteiger partial charge in [-0.15, -0.1) is 0 Å². The number of nitrogens with one attached hydrogen (secondary N) is 1. The number of nitrogens with two attached hydrogens (primary N) is 1. The van der Waals surface area contributed by atoms with E-state index in [0.717, 1.165) is 33.4 Å². The van der Waals surface area contributed by atoms with Gasteiger partial charge in [-0.3, -0.25) is 14.2 Å². The van der Waals surface area contributed by atoms with Crippen LogP contribution in [0.2, 0.25) is 0 Å². The summed E-state index contributed by atoms with van der Waals surface area (Å²) in [5, 5.41) is 11.7. The molecular formula is C24H26N6O. The van der Waals surface area contributed by atoms with Crippen LogP contribution in [0, 0.1) is 6.92 Å². The Morgan fingerprint density at radius 1 is 0.935 bits per heavy atom. The van der Waals surface area contributed by atoms with Crippen molar-refractivity contribution in [1.82, 2.24) is 24.9 Å². The van der Waals surface area contributed by atoms with Gasteiger partial charge in [0.1, 0.15) is 0 Å². The van der Waals surface area contributed by atoms with E-state index in [9.17, 15) is 4.79 Å².